The van der Waals surface area contributed by atoms with E-state index in [1.165, 1.54) is 23.2 Å². The second kappa shape index (κ2) is 6.67. The molecule has 1 amide bonds. The molecular weight excluding hydrogens is 328 g/mol. The Labute approximate surface area is 143 Å². The largest absolute Gasteiger partial charge is 0.468 e. The van der Waals surface area contributed by atoms with E-state index in [1.54, 1.807) is 30.3 Å². The number of carbonyl (C=O) groups is 2. The van der Waals surface area contributed by atoms with Gasteiger partial charge in [-0.25, -0.2) is 0 Å². The number of amides is 1. The van der Waals surface area contributed by atoms with Crippen molar-refractivity contribution in [3.8, 4) is 0 Å². The second-order valence-corrected chi connectivity index (χ2v) is 5.33. The van der Waals surface area contributed by atoms with Crippen LogP contribution in [0.1, 0.15) is 5.76 Å². The minimum atomic E-state index is -0.495. The zero-order chi connectivity index (χ0) is 17.1. The maximum Gasteiger partial charge on any atom is 0.325 e. The summed E-state index contributed by atoms with van der Waals surface area (Å²) in [4.78, 5) is 27.4. The van der Waals surface area contributed by atoms with Gasteiger partial charge >= 0.3 is 5.97 Å². The molecule has 1 fully saturated rings. The lowest BCUT2D eigenvalue weighted by Gasteiger charge is -2.19. The summed E-state index contributed by atoms with van der Waals surface area (Å²) < 4.78 is 9.97. The van der Waals surface area contributed by atoms with Gasteiger partial charge in [0.25, 0.3) is 5.91 Å². The minimum Gasteiger partial charge on any atom is -0.468 e. The summed E-state index contributed by atoms with van der Waals surface area (Å²) in [5.41, 5.74) is 0.884. The molecule has 7 heteroatoms. The van der Waals surface area contributed by atoms with Gasteiger partial charge < -0.3 is 14.1 Å². The number of para-hydroxylation sites is 1. The van der Waals surface area contributed by atoms with Crippen LogP contribution in [0.4, 0.5) is 5.69 Å². The number of hydrogen-bond acceptors (Lipinski definition) is 5. The van der Waals surface area contributed by atoms with Gasteiger partial charge in [0.2, 0.25) is 0 Å². The molecule has 122 valence electrons. The maximum atomic E-state index is 12.9. The van der Waals surface area contributed by atoms with Crippen molar-refractivity contribution in [1.29, 1.82) is 0 Å². The van der Waals surface area contributed by atoms with E-state index in [1.807, 2.05) is 18.2 Å². The molecule has 0 bridgehead atoms. The van der Waals surface area contributed by atoms with Crippen LogP contribution in [0.25, 0.3) is 6.08 Å². The van der Waals surface area contributed by atoms with Gasteiger partial charge in [0.15, 0.2) is 5.11 Å². The van der Waals surface area contributed by atoms with Crippen LogP contribution in [0.2, 0.25) is 0 Å². The van der Waals surface area contributed by atoms with Crippen LogP contribution in [-0.2, 0) is 14.3 Å². The molecule has 3 rings (SSSR count). The molecule has 0 aliphatic carbocycles. The first-order chi connectivity index (χ1) is 11.6. The van der Waals surface area contributed by atoms with Crippen molar-refractivity contribution in [1.82, 2.24) is 4.90 Å². The van der Waals surface area contributed by atoms with Gasteiger partial charge in [-0.3, -0.25) is 14.5 Å². The fourth-order valence-corrected chi connectivity index (χ4v) is 2.69. The molecule has 2 aromatic rings. The lowest BCUT2D eigenvalue weighted by Crippen LogP contribution is -2.35. The van der Waals surface area contributed by atoms with Gasteiger partial charge in [-0.2, -0.15) is 0 Å². The van der Waals surface area contributed by atoms with E-state index < -0.39 is 5.97 Å². The van der Waals surface area contributed by atoms with Gasteiger partial charge in [0.1, 0.15) is 18.0 Å². The topological polar surface area (TPSA) is 63.0 Å². The lowest BCUT2D eigenvalue weighted by atomic mass is 10.2. The summed E-state index contributed by atoms with van der Waals surface area (Å²) in [6.07, 6.45) is 3.06. The van der Waals surface area contributed by atoms with Crippen molar-refractivity contribution < 1.29 is 18.7 Å². The van der Waals surface area contributed by atoms with E-state index in [2.05, 4.69) is 0 Å². The third-order valence-electron chi connectivity index (χ3n) is 3.49. The highest BCUT2D eigenvalue weighted by Gasteiger charge is 2.40. The molecule has 0 spiro atoms. The van der Waals surface area contributed by atoms with Crippen molar-refractivity contribution in [3.63, 3.8) is 0 Å². The van der Waals surface area contributed by atoms with Crippen molar-refractivity contribution in [3.05, 3.63) is 60.2 Å². The van der Waals surface area contributed by atoms with Crippen molar-refractivity contribution in [2.75, 3.05) is 18.6 Å². The number of carbonyl (C=O) groups excluding carboxylic acids is 2. The Balaban J connectivity index is 2.02. The number of anilines is 1. The van der Waals surface area contributed by atoms with Crippen molar-refractivity contribution >= 4 is 41.0 Å². The zero-order valence-corrected chi connectivity index (χ0v) is 13.7. The number of esters is 1. The summed E-state index contributed by atoms with van der Waals surface area (Å²) in [5, 5.41) is 0.217. The molecule has 0 atom stereocenters. The van der Waals surface area contributed by atoms with Crippen LogP contribution in [0.3, 0.4) is 0 Å². The average molecular weight is 342 g/mol. The van der Waals surface area contributed by atoms with Gasteiger partial charge in [-0.05, 0) is 36.5 Å². The zero-order valence-electron chi connectivity index (χ0n) is 12.8. The summed E-state index contributed by atoms with van der Waals surface area (Å²) in [5.74, 6) is -0.331. The first-order valence-electron chi connectivity index (χ1n) is 7.15. The Bertz CT molecular complexity index is 799. The van der Waals surface area contributed by atoms with Gasteiger partial charge in [0, 0.05) is 6.08 Å². The number of methoxy groups -OCH3 is 1. The highest BCUT2D eigenvalue weighted by Crippen LogP contribution is 2.28. The fraction of sp³-hybridized carbons (Fsp3) is 0.118. The van der Waals surface area contributed by atoms with E-state index in [-0.39, 0.29) is 23.3 Å². The SMILES string of the molecule is COC(=O)CN1C(=S)N(c2ccccc2)C(=O)/C1=C/c1ccco1. The predicted octanol–water partition coefficient (Wildman–Crippen LogP) is 2.43. The number of nitrogens with zero attached hydrogens (tertiary/aromatic N) is 2. The number of ether oxygens (including phenoxy) is 1. The Morgan fingerprint density at radius 1 is 1.25 bits per heavy atom. The van der Waals surface area contributed by atoms with E-state index in [9.17, 15) is 9.59 Å². The summed E-state index contributed by atoms with van der Waals surface area (Å²) in [6.45, 7) is -0.156. The Morgan fingerprint density at radius 2 is 2.00 bits per heavy atom. The van der Waals surface area contributed by atoms with Gasteiger partial charge in [-0.15, -0.1) is 0 Å². The van der Waals surface area contributed by atoms with Crippen LogP contribution in [0.5, 0.6) is 0 Å². The molecule has 0 saturated carbocycles. The fourth-order valence-electron chi connectivity index (χ4n) is 2.34. The first kappa shape index (κ1) is 15.9. The number of hydrogen-bond donors (Lipinski definition) is 0. The van der Waals surface area contributed by atoms with Gasteiger partial charge in [-0.1, -0.05) is 18.2 Å². The molecule has 6 nitrogen and oxygen atoms in total. The van der Waals surface area contributed by atoms with E-state index >= 15 is 0 Å². The monoisotopic (exact) mass is 342 g/mol. The molecule has 1 saturated heterocycles. The van der Waals surface area contributed by atoms with Crippen molar-refractivity contribution in [2.45, 2.75) is 0 Å². The quantitative estimate of drug-likeness (QED) is 0.483. The van der Waals surface area contributed by atoms with Crippen LogP contribution in [0.15, 0.2) is 58.8 Å². The molecule has 0 radical (unpaired) electrons. The number of thiocarbonyl (C=S) groups is 1. The Morgan fingerprint density at radius 3 is 2.62 bits per heavy atom. The Kier molecular flexibility index (Phi) is 4.43. The average Bonchev–Trinajstić information content (AvgIpc) is 3.18. The first-order valence-corrected chi connectivity index (χ1v) is 7.55. The molecule has 1 aromatic heterocycles. The molecule has 0 unspecified atom stereocenters. The minimum absolute atomic E-state index is 0.156. The van der Waals surface area contributed by atoms with E-state index in [0.717, 1.165) is 0 Å². The van der Waals surface area contributed by atoms with Gasteiger partial charge in [0.05, 0.1) is 19.1 Å². The highest BCUT2D eigenvalue weighted by molar-refractivity contribution is 7.80. The molecule has 24 heavy (non-hydrogen) atoms. The summed E-state index contributed by atoms with van der Waals surface area (Å²) in [7, 11) is 1.29. The van der Waals surface area contributed by atoms with Crippen LogP contribution < -0.4 is 4.90 Å². The molecule has 1 aliphatic heterocycles. The van der Waals surface area contributed by atoms with E-state index in [4.69, 9.17) is 21.4 Å². The third-order valence-corrected chi connectivity index (χ3v) is 3.89. The second-order valence-electron chi connectivity index (χ2n) is 4.97. The van der Waals surface area contributed by atoms with Crippen molar-refractivity contribution in [2.24, 2.45) is 0 Å². The standard InChI is InChI=1S/C17H14N2O4S/c1-22-15(20)11-18-14(10-13-8-5-9-23-13)16(21)19(17(18)24)12-6-3-2-4-7-12/h2-10H,11H2,1H3/b14-10-. The van der Waals surface area contributed by atoms with Crippen LogP contribution >= 0.6 is 12.2 Å². The third kappa shape index (κ3) is 2.93. The smallest absolute Gasteiger partial charge is 0.325 e. The summed E-state index contributed by atoms with van der Waals surface area (Å²) in [6, 6.07) is 12.4. The van der Waals surface area contributed by atoms with Crippen LogP contribution in [-0.4, -0.2) is 35.5 Å². The van der Waals surface area contributed by atoms with Crippen LogP contribution in [0, 0.1) is 0 Å². The maximum absolute atomic E-state index is 12.9. The Hall–Kier alpha value is -2.93. The molecule has 2 heterocycles. The predicted molar refractivity (Wildman–Crippen MR) is 91.9 cm³/mol. The normalized spacial score (nSPS) is 16.1. The summed E-state index contributed by atoms with van der Waals surface area (Å²) >= 11 is 5.41. The number of furan rings is 1. The molecule has 0 N–H and O–H groups in total. The lowest BCUT2D eigenvalue weighted by molar-refractivity contribution is -0.140. The molecule has 1 aliphatic rings. The number of rotatable bonds is 4. The highest BCUT2D eigenvalue weighted by atomic mass is 32.1. The molecule has 1 aromatic carbocycles. The van der Waals surface area contributed by atoms with E-state index in [0.29, 0.717) is 11.4 Å². The molecular formula is C17H14N2O4S. The number of benzene rings is 1.